The Morgan fingerprint density at radius 1 is 1.41 bits per heavy atom. The molecule has 1 aromatic rings. The summed E-state index contributed by atoms with van der Waals surface area (Å²) in [4.78, 5) is 0. The van der Waals surface area contributed by atoms with Crippen molar-refractivity contribution in [3.05, 3.63) is 29.3 Å². The number of rotatable bonds is 3. The molecule has 1 aliphatic rings. The van der Waals surface area contributed by atoms with Gasteiger partial charge in [0.2, 0.25) is 0 Å². The molecule has 0 fully saturated rings. The lowest BCUT2D eigenvalue weighted by Crippen LogP contribution is -2.32. The molecule has 0 amide bonds. The molecule has 1 aromatic carbocycles. The van der Waals surface area contributed by atoms with Crippen LogP contribution < -0.4 is 10.5 Å². The Morgan fingerprint density at radius 2 is 2.18 bits per heavy atom. The van der Waals surface area contributed by atoms with E-state index in [1.165, 1.54) is 11.1 Å². The van der Waals surface area contributed by atoms with Crippen molar-refractivity contribution in [3.8, 4) is 5.75 Å². The summed E-state index contributed by atoms with van der Waals surface area (Å²) in [7, 11) is 0. The number of aryl methyl sites for hydroxylation is 1. The minimum absolute atomic E-state index is 0.0251. The van der Waals surface area contributed by atoms with E-state index >= 15 is 0 Å². The van der Waals surface area contributed by atoms with Gasteiger partial charge in [0, 0.05) is 0 Å². The predicted octanol–water partition coefficient (Wildman–Crippen LogP) is 3.24. The van der Waals surface area contributed by atoms with E-state index in [9.17, 15) is 0 Å². The van der Waals surface area contributed by atoms with Crippen LogP contribution in [0.15, 0.2) is 18.2 Å². The van der Waals surface area contributed by atoms with Gasteiger partial charge in [-0.15, -0.1) is 0 Å². The third-order valence-electron chi connectivity index (χ3n) is 3.64. The Bertz CT molecular complexity index is 398. The maximum atomic E-state index is 6.06. The van der Waals surface area contributed by atoms with Gasteiger partial charge in [0.1, 0.15) is 11.4 Å². The van der Waals surface area contributed by atoms with Crippen LogP contribution in [0.2, 0.25) is 0 Å². The molecule has 2 nitrogen and oxygen atoms in total. The second-order valence-corrected chi connectivity index (χ2v) is 5.71. The first-order chi connectivity index (χ1) is 8.02. The molecule has 17 heavy (non-hydrogen) atoms. The monoisotopic (exact) mass is 233 g/mol. The molecule has 1 unspecified atom stereocenters. The number of hydrogen-bond acceptors (Lipinski definition) is 2. The Morgan fingerprint density at radius 3 is 2.88 bits per heavy atom. The summed E-state index contributed by atoms with van der Waals surface area (Å²) in [6.07, 6.45) is 3.24. The number of nitrogens with two attached hydrogens (primary N) is 1. The number of ether oxygens (including phenoxy) is 1. The van der Waals surface area contributed by atoms with Gasteiger partial charge in [0.15, 0.2) is 0 Å². The molecule has 0 saturated carbocycles. The maximum Gasteiger partial charge on any atom is 0.123 e. The van der Waals surface area contributed by atoms with Crippen LogP contribution in [0.25, 0.3) is 0 Å². The van der Waals surface area contributed by atoms with Crippen molar-refractivity contribution in [2.24, 2.45) is 5.73 Å². The van der Waals surface area contributed by atoms with Gasteiger partial charge in [-0.1, -0.05) is 19.1 Å². The molecule has 0 aliphatic carbocycles. The summed E-state index contributed by atoms with van der Waals surface area (Å²) in [6, 6.07) is 6.64. The second-order valence-electron chi connectivity index (χ2n) is 5.71. The fourth-order valence-corrected chi connectivity index (χ4v) is 2.38. The van der Waals surface area contributed by atoms with E-state index in [2.05, 4.69) is 39.0 Å². The van der Waals surface area contributed by atoms with Gasteiger partial charge in [-0.3, -0.25) is 0 Å². The highest BCUT2D eigenvalue weighted by molar-refractivity contribution is 5.40. The lowest BCUT2D eigenvalue weighted by Gasteiger charge is -2.33. The lowest BCUT2D eigenvalue weighted by atomic mass is 9.91. The highest BCUT2D eigenvalue weighted by Crippen LogP contribution is 2.35. The molecule has 1 atom stereocenters. The smallest absolute Gasteiger partial charge is 0.123 e. The van der Waals surface area contributed by atoms with E-state index in [1.807, 2.05) is 0 Å². The largest absolute Gasteiger partial charge is 0.488 e. The molecule has 2 N–H and O–H groups in total. The standard InChI is InChI=1S/C15H23NO/c1-11(7-9-16)13-5-4-12-6-8-15(2,3)17-14(12)10-13/h4-5,10-11H,6-9,16H2,1-3H3. The summed E-state index contributed by atoms with van der Waals surface area (Å²) in [5.74, 6) is 1.58. The number of benzene rings is 1. The van der Waals surface area contributed by atoms with Crippen molar-refractivity contribution in [2.75, 3.05) is 6.54 Å². The molecular formula is C15H23NO. The quantitative estimate of drug-likeness (QED) is 0.870. The molecule has 0 radical (unpaired) electrons. The van der Waals surface area contributed by atoms with Crippen LogP contribution in [0, 0.1) is 0 Å². The summed E-state index contributed by atoms with van der Waals surface area (Å²) in [6.45, 7) is 7.28. The predicted molar refractivity (Wildman–Crippen MR) is 71.6 cm³/mol. The van der Waals surface area contributed by atoms with Crippen molar-refractivity contribution in [2.45, 2.75) is 51.6 Å². The zero-order valence-electron chi connectivity index (χ0n) is 11.1. The fraction of sp³-hybridized carbons (Fsp3) is 0.600. The van der Waals surface area contributed by atoms with Gasteiger partial charge in [0.25, 0.3) is 0 Å². The highest BCUT2D eigenvalue weighted by atomic mass is 16.5. The topological polar surface area (TPSA) is 35.2 Å². The molecule has 2 heteroatoms. The Hall–Kier alpha value is -1.02. The van der Waals surface area contributed by atoms with Crippen molar-refractivity contribution in [1.82, 2.24) is 0 Å². The molecule has 0 aromatic heterocycles. The van der Waals surface area contributed by atoms with Gasteiger partial charge in [0.05, 0.1) is 0 Å². The van der Waals surface area contributed by atoms with Crippen LogP contribution in [0.3, 0.4) is 0 Å². The number of fused-ring (bicyclic) bond motifs is 1. The van der Waals surface area contributed by atoms with Crippen LogP contribution >= 0.6 is 0 Å². The first kappa shape index (κ1) is 12.4. The van der Waals surface area contributed by atoms with Gasteiger partial charge in [-0.25, -0.2) is 0 Å². The zero-order chi connectivity index (χ0) is 12.5. The lowest BCUT2D eigenvalue weighted by molar-refractivity contribution is 0.0845. The third kappa shape index (κ3) is 2.81. The molecule has 0 saturated heterocycles. The minimum atomic E-state index is -0.0251. The van der Waals surface area contributed by atoms with Crippen LogP contribution in [0.1, 0.15) is 50.7 Å². The van der Waals surface area contributed by atoms with E-state index in [4.69, 9.17) is 10.5 Å². The van der Waals surface area contributed by atoms with Gasteiger partial charge in [-0.05, 0) is 62.8 Å². The molecule has 2 rings (SSSR count). The summed E-state index contributed by atoms with van der Waals surface area (Å²) < 4.78 is 6.06. The van der Waals surface area contributed by atoms with Crippen LogP contribution in [-0.4, -0.2) is 12.1 Å². The van der Waals surface area contributed by atoms with E-state index in [0.717, 1.165) is 31.6 Å². The Balaban J connectivity index is 2.24. The van der Waals surface area contributed by atoms with Gasteiger partial charge in [-0.2, -0.15) is 0 Å². The molecule has 0 bridgehead atoms. The SMILES string of the molecule is CC(CCN)c1ccc2c(c1)OC(C)(C)CC2. The van der Waals surface area contributed by atoms with Gasteiger partial charge >= 0.3 is 0 Å². The van der Waals surface area contributed by atoms with Crippen molar-refractivity contribution >= 4 is 0 Å². The maximum absolute atomic E-state index is 6.06. The van der Waals surface area contributed by atoms with Crippen molar-refractivity contribution < 1.29 is 4.74 Å². The first-order valence-electron chi connectivity index (χ1n) is 6.54. The molecular weight excluding hydrogens is 210 g/mol. The normalized spacial score (nSPS) is 19.3. The summed E-state index contributed by atoms with van der Waals surface area (Å²) >= 11 is 0. The Kier molecular flexibility index (Phi) is 3.43. The minimum Gasteiger partial charge on any atom is -0.488 e. The van der Waals surface area contributed by atoms with Crippen LogP contribution in [0.4, 0.5) is 0 Å². The van der Waals surface area contributed by atoms with Gasteiger partial charge < -0.3 is 10.5 Å². The summed E-state index contributed by atoms with van der Waals surface area (Å²) in [5, 5.41) is 0. The fourth-order valence-electron chi connectivity index (χ4n) is 2.38. The zero-order valence-corrected chi connectivity index (χ0v) is 11.1. The summed E-state index contributed by atoms with van der Waals surface area (Å²) in [5.41, 5.74) is 8.27. The van der Waals surface area contributed by atoms with Crippen molar-refractivity contribution in [3.63, 3.8) is 0 Å². The molecule has 1 heterocycles. The highest BCUT2D eigenvalue weighted by Gasteiger charge is 2.26. The van der Waals surface area contributed by atoms with Crippen LogP contribution in [0.5, 0.6) is 5.75 Å². The van der Waals surface area contributed by atoms with E-state index in [1.54, 1.807) is 0 Å². The van der Waals surface area contributed by atoms with Crippen molar-refractivity contribution in [1.29, 1.82) is 0 Å². The average Bonchev–Trinajstić information content (AvgIpc) is 2.27. The number of hydrogen-bond donors (Lipinski definition) is 1. The van der Waals surface area contributed by atoms with E-state index < -0.39 is 0 Å². The first-order valence-corrected chi connectivity index (χ1v) is 6.54. The Labute approximate surface area is 104 Å². The third-order valence-corrected chi connectivity index (χ3v) is 3.64. The van der Waals surface area contributed by atoms with E-state index in [-0.39, 0.29) is 5.60 Å². The molecule has 0 spiro atoms. The van der Waals surface area contributed by atoms with E-state index in [0.29, 0.717) is 5.92 Å². The molecule has 1 aliphatic heterocycles. The second kappa shape index (κ2) is 4.69. The molecule has 94 valence electrons. The van der Waals surface area contributed by atoms with Crippen LogP contribution in [-0.2, 0) is 6.42 Å². The average molecular weight is 233 g/mol.